The Morgan fingerprint density at radius 2 is 1.80 bits per heavy atom. The van der Waals surface area contributed by atoms with Crippen molar-refractivity contribution in [2.75, 3.05) is 0 Å². The average molecular weight is 200 g/mol. The Morgan fingerprint density at radius 3 is 2.10 bits per heavy atom. The summed E-state index contributed by atoms with van der Waals surface area (Å²) < 4.78 is 35.0. The van der Waals surface area contributed by atoms with Crippen molar-refractivity contribution < 1.29 is 13.2 Å². The van der Waals surface area contributed by atoms with E-state index >= 15 is 0 Å². The summed E-state index contributed by atoms with van der Waals surface area (Å²) in [5.41, 5.74) is 0. The van der Waals surface area contributed by atoms with E-state index in [0.717, 1.165) is 0 Å². The summed E-state index contributed by atoms with van der Waals surface area (Å²) in [6.07, 6.45) is -4.35. The summed E-state index contributed by atoms with van der Waals surface area (Å²) in [6, 6.07) is 0.578. The van der Waals surface area contributed by atoms with E-state index in [2.05, 4.69) is 6.55 Å². The second kappa shape index (κ2) is 2.49. The molecular formula is C4H11F3Si3. The Bertz CT molecular complexity index is 123. The monoisotopic (exact) mass is 200 g/mol. The molecule has 0 atom stereocenters. The quantitative estimate of drug-likeness (QED) is 0.562. The second-order valence-corrected chi connectivity index (χ2v) is 33.8. The van der Waals surface area contributed by atoms with Gasteiger partial charge in [0.2, 0.25) is 0 Å². The Kier molecular flexibility index (Phi) is 2.12. The molecule has 0 saturated carbocycles. The van der Waals surface area contributed by atoms with Gasteiger partial charge in [0, 0.05) is 13.5 Å². The predicted molar refractivity (Wildman–Crippen MR) is 44.2 cm³/mol. The molecule has 0 aromatic rings. The highest BCUT2D eigenvalue weighted by Crippen LogP contribution is 2.28. The summed E-state index contributed by atoms with van der Waals surface area (Å²) in [7, 11) is -0.573. The van der Waals surface area contributed by atoms with Crippen LogP contribution in [-0.4, -0.2) is 30.4 Å². The summed E-state index contributed by atoms with van der Waals surface area (Å²) in [6.45, 7) is 2.18. The standard InChI is InChI=1S/C4H11F3Si3/c1-10(8-9-10)3-2-4(5,6)7/h2-3,8-9H2,1H3. The van der Waals surface area contributed by atoms with Gasteiger partial charge in [-0.2, -0.15) is 13.2 Å². The third-order valence-electron chi connectivity index (χ3n) is 2.12. The lowest BCUT2D eigenvalue weighted by molar-refractivity contribution is -0.130. The molecular weight excluding hydrogens is 189 g/mol. The predicted octanol–water partition coefficient (Wildman–Crippen LogP) is 0.277. The van der Waals surface area contributed by atoms with Crippen LogP contribution in [0.1, 0.15) is 6.42 Å². The molecule has 0 aliphatic carbocycles. The van der Waals surface area contributed by atoms with Gasteiger partial charge in [-0.3, -0.25) is 0 Å². The van der Waals surface area contributed by atoms with Crippen molar-refractivity contribution in [3.63, 3.8) is 0 Å². The van der Waals surface area contributed by atoms with E-state index in [-0.39, 0.29) is 17.1 Å². The second-order valence-electron chi connectivity index (χ2n) is 3.43. The first-order valence-corrected chi connectivity index (χ1v) is 14.8. The summed E-state index contributed by atoms with van der Waals surface area (Å²) in [5.74, 6) is 0. The molecule has 0 N–H and O–H groups in total. The SMILES string of the molecule is C[Si]1(CCC(F)(F)F)[SiH2][SiH2]1. The maximum Gasteiger partial charge on any atom is 0.388 e. The first kappa shape index (κ1) is 8.54. The molecule has 1 heterocycles. The number of rotatable bonds is 2. The van der Waals surface area contributed by atoms with Crippen LogP contribution in [0, 0.1) is 0 Å². The van der Waals surface area contributed by atoms with Crippen molar-refractivity contribution in [2.45, 2.75) is 25.2 Å². The molecule has 1 saturated heterocycles. The molecule has 0 spiro atoms. The number of halogens is 3. The normalized spacial score (nSPS) is 37.2. The molecule has 1 aliphatic rings. The van der Waals surface area contributed by atoms with E-state index in [0.29, 0.717) is 6.04 Å². The van der Waals surface area contributed by atoms with Crippen molar-refractivity contribution in [1.82, 2.24) is 0 Å². The van der Waals surface area contributed by atoms with Gasteiger partial charge in [0.05, 0.1) is 0 Å². The minimum absolute atomic E-state index is 0.193. The van der Waals surface area contributed by atoms with Gasteiger partial charge in [-0.15, -0.1) is 0 Å². The number of alkyl halides is 3. The van der Waals surface area contributed by atoms with E-state index in [1.165, 1.54) is 0 Å². The van der Waals surface area contributed by atoms with Gasteiger partial charge in [0.25, 0.3) is 0 Å². The highest BCUT2D eigenvalue weighted by atomic mass is 30.1. The van der Waals surface area contributed by atoms with Gasteiger partial charge in [-0.05, 0) is 17.1 Å². The molecule has 10 heavy (non-hydrogen) atoms. The highest BCUT2D eigenvalue weighted by Gasteiger charge is 2.43. The fourth-order valence-corrected chi connectivity index (χ4v) is 26.4. The lowest BCUT2D eigenvalue weighted by Gasteiger charge is -2.08. The zero-order chi connectivity index (χ0) is 7.83. The smallest absolute Gasteiger partial charge is 0.171 e. The lowest BCUT2D eigenvalue weighted by atomic mass is 10.5. The van der Waals surface area contributed by atoms with E-state index in [4.69, 9.17) is 0 Å². The number of hydrogen-bond acceptors (Lipinski definition) is 0. The molecule has 0 aromatic carbocycles. The fourth-order valence-electron chi connectivity index (χ4n) is 0.907. The van der Waals surface area contributed by atoms with Crippen molar-refractivity contribution in [3.05, 3.63) is 0 Å². The Hall–Kier alpha value is 0.441. The van der Waals surface area contributed by atoms with Crippen LogP contribution in [0.3, 0.4) is 0 Å². The molecule has 1 aliphatic heterocycles. The van der Waals surface area contributed by atoms with Crippen LogP contribution >= 0.6 is 0 Å². The molecule has 0 aromatic heterocycles. The maximum absolute atomic E-state index is 11.7. The Morgan fingerprint density at radius 1 is 1.30 bits per heavy atom. The molecule has 0 nitrogen and oxygen atoms in total. The van der Waals surface area contributed by atoms with Crippen LogP contribution in [0.4, 0.5) is 13.2 Å². The van der Waals surface area contributed by atoms with Crippen LogP contribution in [0.5, 0.6) is 0 Å². The van der Waals surface area contributed by atoms with E-state index in [9.17, 15) is 13.2 Å². The third kappa shape index (κ3) is 3.02. The summed E-state index contributed by atoms with van der Waals surface area (Å²) in [5, 5.41) is 0. The van der Waals surface area contributed by atoms with E-state index < -0.39 is 19.7 Å². The van der Waals surface area contributed by atoms with Gasteiger partial charge in [-0.1, -0.05) is 12.6 Å². The van der Waals surface area contributed by atoms with Crippen LogP contribution in [0.2, 0.25) is 12.6 Å². The minimum atomic E-state index is -3.87. The van der Waals surface area contributed by atoms with Crippen LogP contribution in [-0.2, 0) is 0 Å². The Balaban J connectivity index is 2.17. The van der Waals surface area contributed by atoms with Gasteiger partial charge in [-0.25, -0.2) is 0 Å². The first-order valence-electron chi connectivity index (χ1n) is 3.48. The largest absolute Gasteiger partial charge is 0.388 e. The molecule has 1 rings (SSSR count). The van der Waals surface area contributed by atoms with Crippen molar-refractivity contribution in [1.29, 1.82) is 0 Å². The van der Waals surface area contributed by atoms with E-state index in [1.54, 1.807) is 0 Å². The summed E-state index contributed by atoms with van der Waals surface area (Å²) in [4.78, 5) is 0. The van der Waals surface area contributed by atoms with Crippen LogP contribution < -0.4 is 0 Å². The van der Waals surface area contributed by atoms with Gasteiger partial charge in [0.1, 0.15) is 0 Å². The number of hydrogen-bond donors (Lipinski definition) is 0. The topological polar surface area (TPSA) is 0 Å². The van der Waals surface area contributed by atoms with Crippen molar-refractivity contribution >= 4 is 24.2 Å². The average Bonchev–Trinajstić information content (AvgIpc) is 2.43. The maximum atomic E-state index is 11.7. The minimum Gasteiger partial charge on any atom is -0.171 e. The van der Waals surface area contributed by atoms with Crippen molar-refractivity contribution in [3.8, 4) is 0 Å². The zero-order valence-electron chi connectivity index (χ0n) is 5.96. The molecule has 60 valence electrons. The van der Waals surface area contributed by atoms with Gasteiger partial charge in [0.15, 0.2) is 0 Å². The van der Waals surface area contributed by atoms with Crippen LogP contribution in [0.25, 0.3) is 0 Å². The first-order chi connectivity index (χ1) is 4.41. The zero-order valence-corrected chi connectivity index (χ0v) is 9.79. The van der Waals surface area contributed by atoms with Crippen LogP contribution in [0.15, 0.2) is 0 Å². The van der Waals surface area contributed by atoms with E-state index in [1.807, 2.05) is 0 Å². The Labute approximate surface area is 63.2 Å². The molecule has 0 amide bonds. The fraction of sp³-hybridized carbons (Fsp3) is 1.00. The summed E-state index contributed by atoms with van der Waals surface area (Å²) >= 11 is 0. The molecule has 0 bridgehead atoms. The molecule has 1 fully saturated rings. The molecule has 0 radical (unpaired) electrons. The van der Waals surface area contributed by atoms with Gasteiger partial charge >= 0.3 is 6.18 Å². The lowest BCUT2D eigenvalue weighted by Crippen LogP contribution is -2.18. The molecule has 6 heteroatoms. The van der Waals surface area contributed by atoms with Gasteiger partial charge < -0.3 is 0 Å². The molecule has 0 unspecified atom stereocenters. The van der Waals surface area contributed by atoms with Crippen molar-refractivity contribution in [2.24, 2.45) is 0 Å². The third-order valence-corrected chi connectivity index (χ3v) is 34.4. The highest BCUT2D eigenvalue weighted by molar-refractivity contribution is 7.90.